The summed E-state index contributed by atoms with van der Waals surface area (Å²) in [6.07, 6.45) is -0.316. The third kappa shape index (κ3) is 8.56. The van der Waals surface area contributed by atoms with Gasteiger partial charge < -0.3 is 24.6 Å². The zero-order chi connectivity index (χ0) is 31.9. The van der Waals surface area contributed by atoms with Crippen molar-refractivity contribution in [3.63, 3.8) is 0 Å². The van der Waals surface area contributed by atoms with Crippen molar-refractivity contribution in [3.8, 4) is 0 Å². The van der Waals surface area contributed by atoms with Crippen molar-refractivity contribution >= 4 is 40.9 Å². The van der Waals surface area contributed by atoms with Crippen molar-refractivity contribution in [2.75, 3.05) is 54.4 Å². The van der Waals surface area contributed by atoms with E-state index in [0.29, 0.717) is 43.1 Å². The predicted molar refractivity (Wildman–Crippen MR) is 166 cm³/mol. The number of nitrogens with zero attached hydrogens (tertiary/aromatic N) is 3. The lowest BCUT2D eigenvalue weighted by Gasteiger charge is -2.36. The van der Waals surface area contributed by atoms with Gasteiger partial charge in [0.1, 0.15) is 18.0 Å². The van der Waals surface area contributed by atoms with Crippen LogP contribution in [0.5, 0.6) is 0 Å². The van der Waals surface area contributed by atoms with Gasteiger partial charge in [0.2, 0.25) is 0 Å². The van der Waals surface area contributed by atoms with Gasteiger partial charge in [-0.2, -0.15) is 0 Å². The van der Waals surface area contributed by atoms with E-state index in [1.165, 1.54) is 29.2 Å². The molecule has 0 aliphatic carbocycles. The minimum Gasteiger partial charge on any atom is -0.465 e. The molecule has 0 unspecified atom stereocenters. The Hall–Kier alpha value is -4.93. The van der Waals surface area contributed by atoms with E-state index in [-0.39, 0.29) is 30.7 Å². The largest absolute Gasteiger partial charge is 0.465 e. The summed E-state index contributed by atoms with van der Waals surface area (Å²) < 4.78 is 23.9. The molecule has 44 heavy (non-hydrogen) atoms. The maximum absolute atomic E-state index is 13.4. The van der Waals surface area contributed by atoms with Crippen LogP contribution in [-0.4, -0.2) is 73.7 Å². The summed E-state index contributed by atoms with van der Waals surface area (Å²) in [5, 5.41) is 2.84. The first kappa shape index (κ1) is 32.0. The van der Waals surface area contributed by atoms with Crippen molar-refractivity contribution in [2.45, 2.75) is 33.3 Å². The third-order valence-corrected chi connectivity index (χ3v) is 6.79. The molecule has 11 heteroatoms. The maximum Gasteiger partial charge on any atom is 0.410 e. The van der Waals surface area contributed by atoms with Crippen LogP contribution in [0.3, 0.4) is 0 Å². The number of hydrogen-bond acceptors (Lipinski definition) is 7. The Morgan fingerprint density at radius 2 is 1.43 bits per heavy atom. The number of carbonyl (C=O) groups excluding carboxylic acids is 4. The summed E-state index contributed by atoms with van der Waals surface area (Å²) in [6.45, 7) is 9.40. The Bertz CT molecular complexity index is 1460. The van der Waals surface area contributed by atoms with E-state index >= 15 is 0 Å². The Morgan fingerprint density at radius 3 is 2.00 bits per heavy atom. The molecule has 10 nitrogen and oxygen atoms in total. The van der Waals surface area contributed by atoms with Crippen LogP contribution in [0.25, 0.3) is 0 Å². The van der Waals surface area contributed by atoms with Gasteiger partial charge in [0.15, 0.2) is 0 Å². The highest BCUT2D eigenvalue weighted by molar-refractivity contribution is 6.08. The van der Waals surface area contributed by atoms with Gasteiger partial charge in [-0.15, -0.1) is 0 Å². The molecular formula is C33H37FN4O6. The molecule has 0 atom stereocenters. The van der Waals surface area contributed by atoms with Gasteiger partial charge in [-0.1, -0.05) is 0 Å². The van der Waals surface area contributed by atoms with Crippen molar-refractivity contribution < 1.29 is 33.0 Å². The fraction of sp³-hybridized carbons (Fsp3) is 0.333. The number of carbonyl (C=O) groups is 4. The second-order valence-corrected chi connectivity index (χ2v) is 11.2. The predicted octanol–water partition coefficient (Wildman–Crippen LogP) is 5.35. The molecule has 0 radical (unpaired) electrons. The summed E-state index contributed by atoms with van der Waals surface area (Å²) in [4.78, 5) is 55.8. The molecule has 1 heterocycles. The monoisotopic (exact) mass is 604 g/mol. The highest BCUT2D eigenvalue weighted by atomic mass is 19.1. The van der Waals surface area contributed by atoms with Crippen LogP contribution in [-0.2, 0) is 14.3 Å². The summed E-state index contributed by atoms with van der Waals surface area (Å²) in [5.41, 5.74) is 1.97. The number of esters is 1. The quantitative estimate of drug-likeness (QED) is 0.346. The number of halogens is 1. The summed E-state index contributed by atoms with van der Waals surface area (Å²) in [5.74, 6) is -1.88. The molecule has 1 fully saturated rings. The van der Waals surface area contributed by atoms with E-state index in [0.717, 1.165) is 5.69 Å². The summed E-state index contributed by atoms with van der Waals surface area (Å²) in [6, 6.07) is 18.7. The normalized spacial score (nSPS) is 13.2. The van der Waals surface area contributed by atoms with Crippen molar-refractivity contribution in [1.82, 2.24) is 4.90 Å². The number of anilines is 3. The van der Waals surface area contributed by atoms with Crippen LogP contribution >= 0.6 is 0 Å². The maximum atomic E-state index is 13.4. The molecule has 0 aromatic heterocycles. The van der Waals surface area contributed by atoms with Crippen molar-refractivity contribution in [2.24, 2.45) is 0 Å². The highest BCUT2D eigenvalue weighted by Crippen LogP contribution is 2.23. The number of benzene rings is 3. The number of piperazine rings is 1. The van der Waals surface area contributed by atoms with Gasteiger partial charge in [-0.3, -0.25) is 19.3 Å². The molecule has 1 aliphatic rings. The van der Waals surface area contributed by atoms with E-state index in [4.69, 9.17) is 9.47 Å². The lowest BCUT2D eigenvalue weighted by Crippen LogP contribution is -2.50. The van der Waals surface area contributed by atoms with Crippen LogP contribution in [0.15, 0.2) is 72.8 Å². The molecule has 1 aliphatic heterocycles. The molecule has 0 bridgehead atoms. The fourth-order valence-corrected chi connectivity index (χ4v) is 4.59. The summed E-state index contributed by atoms with van der Waals surface area (Å²) >= 11 is 0. The zero-order valence-corrected chi connectivity index (χ0v) is 25.3. The number of hydrogen-bond donors (Lipinski definition) is 1. The first-order valence-electron chi connectivity index (χ1n) is 14.4. The van der Waals surface area contributed by atoms with E-state index in [1.54, 1.807) is 48.2 Å². The molecule has 4 rings (SSSR count). The molecule has 0 saturated carbocycles. The molecule has 1 saturated heterocycles. The van der Waals surface area contributed by atoms with Crippen LogP contribution in [0.2, 0.25) is 0 Å². The molecule has 0 spiro atoms. The van der Waals surface area contributed by atoms with E-state index < -0.39 is 23.3 Å². The van der Waals surface area contributed by atoms with Gasteiger partial charge in [-0.25, -0.2) is 9.18 Å². The third-order valence-electron chi connectivity index (χ3n) is 6.79. The Morgan fingerprint density at radius 1 is 0.841 bits per heavy atom. The van der Waals surface area contributed by atoms with Gasteiger partial charge in [0, 0.05) is 54.4 Å². The standard InChI is InChI=1S/C33H37FN4O6/c1-5-43-29(39)22-38(31(41)24-6-10-25(34)11-7-24)28-16-12-26(13-17-28)35-30(40)23-8-14-27(15-9-23)36-18-20-37(21-19-36)32(42)44-33(2,3)4/h6-17H,5,18-22H2,1-4H3,(H,35,40). The highest BCUT2D eigenvalue weighted by Gasteiger charge is 2.26. The average Bonchev–Trinajstić information content (AvgIpc) is 3.00. The van der Waals surface area contributed by atoms with E-state index in [1.807, 2.05) is 32.9 Å². The number of rotatable bonds is 8. The Labute approximate surface area is 256 Å². The van der Waals surface area contributed by atoms with E-state index in [2.05, 4.69) is 10.2 Å². The molecule has 3 amide bonds. The van der Waals surface area contributed by atoms with Gasteiger partial charge in [-0.05, 0) is 100 Å². The fourth-order valence-electron chi connectivity index (χ4n) is 4.59. The van der Waals surface area contributed by atoms with Crippen molar-refractivity contribution in [3.05, 3.63) is 89.7 Å². The van der Waals surface area contributed by atoms with Crippen LogP contribution < -0.4 is 15.1 Å². The van der Waals surface area contributed by atoms with Crippen LogP contribution in [0.4, 0.5) is 26.2 Å². The smallest absolute Gasteiger partial charge is 0.410 e. The number of ether oxygens (including phenoxy) is 2. The summed E-state index contributed by atoms with van der Waals surface area (Å²) in [7, 11) is 0. The van der Waals surface area contributed by atoms with Crippen LogP contribution in [0, 0.1) is 5.82 Å². The second kappa shape index (κ2) is 14.0. The van der Waals surface area contributed by atoms with Crippen LogP contribution in [0.1, 0.15) is 48.4 Å². The second-order valence-electron chi connectivity index (χ2n) is 11.2. The topological polar surface area (TPSA) is 108 Å². The number of amides is 3. The Kier molecular flexibility index (Phi) is 10.2. The van der Waals surface area contributed by atoms with Gasteiger partial charge in [0.25, 0.3) is 11.8 Å². The lowest BCUT2D eigenvalue weighted by atomic mass is 10.1. The molecule has 3 aromatic carbocycles. The SMILES string of the molecule is CCOC(=O)CN(C(=O)c1ccc(F)cc1)c1ccc(NC(=O)c2ccc(N3CCN(C(=O)OC(C)(C)C)CC3)cc2)cc1. The molecule has 3 aromatic rings. The Balaban J connectivity index is 1.37. The molecule has 1 N–H and O–H groups in total. The zero-order valence-electron chi connectivity index (χ0n) is 25.3. The van der Waals surface area contributed by atoms with Gasteiger partial charge in [0.05, 0.1) is 6.61 Å². The average molecular weight is 605 g/mol. The van der Waals surface area contributed by atoms with Gasteiger partial charge >= 0.3 is 12.1 Å². The lowest BCUT2D eigenvalue weighted by molar-refractivity contribution is -0.141. The molecular weight excluding hydrogens is 567 g/mol. The molecule has 232 valence electrons. The number of nitrogens with one attached hydrogen (secondary N) is 1. The first-order valence-corrected chi connectivity index (χ1v) is 14.4. The minimum absolute atomic E-state index is 0.161. The minimum atomic E-state index is -0.589. The first-order chi connectivity index (χ1) is 20.9. The van der Waals surface area contributed by atoms with Crippen molar-refractivity contribution in [1.29, 1.82) is 0 Å². The van der Waals surface area contributed by atoms with E-state index in [9.17, 15) is 23.6 Å².